The van der Waals surface area contributed by atoms with Gasteiger partial charge in [0.25, 0.3) is 0 Å². The van der Waals surface area contributed by atoms with E-state index in [1.165, 1.54) is 12.8 Å². The van der Waals surface area contributed by atoms with Gasteiger partial charge < -0.3 is 0 Å². The van der Waals surface area contributed by atoms with Crippen LogP contribution in [0.15, 0.2) is 0 Å². The highest BCUT2D eigenvalue weighted by atomic mass is 32.1. The van der Waals surface area contributed by atoms with E-state index in [-0.39, 0.29) is 0 Å². The summed E-state index contributed by atoms with van der Waals surface area (Å²) in [5, 5.41) is 1.59. The third-order valence-electron chi connectivity index (χ3n) is 0.876. The molecule has 0 fully saturated rings. The van der Waals surface area contributed by atoms with Crippen molar-refractivity contribution in [3.8, 4) is 0 Å². The molecule has 0 saturated heterocycles. The SMILES string of the molecule is CCCC[CH]C=S=O. The summed E-state index contributed by atoms with van der Waals surface area (Å²) in [4.78, 5) is 0. The molecule has 1 nitrogen and oxygen atoms in total. The Bertz CT molecular complexity index is 84.5. The van der Waals surface area contributed by atoms with E-state index in [4.69, 9.17) is 0 Å². The summed E-state index contributed by atoms with van der Waals surface area (Å²) in [6, 6.07) is 0. The third kappa shape index (κ3) is 5.89. The van der Waals surface area contributed by atoms with E-state index in [2.05, 4.69) is 6.92 Å². The predicted octanol–water partition coefficient (Wildman–Crippen LogP) is 1.40. The summed E-state index contributed by atoms with van der Waals surface area (Å²) in [6.07, 6.45) is 5.36. The van der Waals surface area contributed by atoms with Crippen molar-refractivity contribution < 1.29 is 4.21 Å². The molecule has 0 unspecified atom stereocenters. The fourth-order valence-electron chi connectivity index (χ4n) is 0.429. The molecule has 0 amide bonds. The first-order valence-corrected chi connectivity index (χ1v) is 3.66. The Morgan fingerprint density at radius 3 is 2.88 bits per heavy atom. The zero-order valence-corrected chi connectivity index (χ0v) is 5.91. The highest BCUT2D eigenvalue weighted by molar-refractivity contribution is 7.65. The third-order valence-corrected chi connectivity index (χ3v) is 1.18. The van der Waals surface area contributed by atoms with Gasteiger partial charge in [-0.15, -0.1) is 0 Å². The van der Waals surface area contributed by atoms with E-state index in [9.17, 15) is 4.21 Å². The number of rotatable bonds is 4. The van der Waals surface area contributed by atoms with Gasteiger partial charge in [-0.25, -0.2) is 4.21 Å². The first-order chi connectivity index (χ1) is 3.91. The maximum absolute atomic E-state index is 9.72. The average molecular weight is 131 g/mol. The zero-order valence-electron chi connectivity index (χ0n) is 5.09. The lowest BCUT2D eigenvalue weighted by molar-refractivity contribution is 0.701. The maximum atomic E-state index is 9.72. The van der Waals surface area contributed by atoms with Gasteiger partial charge >= 0.3 is 0 Å². The Kier molecular flexibility index (Phi) is 6.80. The quantitative estimate of drug-likeness (QED) is 0.416. The van der Waals surface area contributed by atoms with Gasteiger partial charge in [-0.2, -0.15) is 0 Å². The molecule has 0 aromatic rings. The molecule has 0 rings (SSSR count). The van der Waals surface area contributed by atoms with Gasteiger partial charge in [-0.1, -0.05) is 19.8 Å². The first kappa shape index (κ1) is 7.89. The van der Waals surface area contributed by atoms with Crippen molar-refractivity contribution in [1.29, 1.82) is 0 Å². The molecule has 0 N–H and O–H groups in total. The van der Waals surface area contributed by atoms with Crippen LogP contribution in [0.5, 0.6) is 0 Å². The van der Waals surface area contributed by atoms with E-state index in [0.29, 0.717) is 11.3 Å². The minimum Gasteiger partial charge on any atom is -0.213 e. The summed E-state index contributed by atoms with van der Waals surface area (Å²) in [5.74, 6) is 0. The molecule has 0 aliphatic heterocycles. The molecule has 0 spiro atoms. The van der Waals surface area contributed by atoms with E-state index >= 15 is 0 Å². The van der Waals surface area contributed by atoms with E-state index in [1.807, 2.05) is 6.42 Å². The Hall–Kier alpha value is -0.110. The van der Waals surface area contributed by atoms with Crippen LogP contribution in [0.3, 0.4) is 0 Å². The average Bonchev–Trinajstić information content (AvgIpc) is 1.81. The summed E-state index contributed by atoms with van der Waals surface area (Å²) in [6.45, 7) is 2.14. The van der Waals surface area contributed by atoms with Crippen molar-refractivity contribution >= 4 is 16.6 Å². The van der Waals surface area contributed by atoms with Gasteiger partial charge in [0.2, 0.25) is 0 Å². The maximum Gasteiger partial charge on any atom is 0.0844 e. The zero-order chi connectivity index (χ0) is 6.24. The van der Waals surface area contributed by atoms with Crippen molar-refractivity contribution in [3.05, 3.63) is 6.42 Å². The molecule has 2 heteroatoms. The van der Waals surface area contributed by atoms with Gasteiger partial charge in [0, 0.05) is 5.37 Å². The molecule has 47 valence electrons. The van der Waals surface area contributed by atoms with Crippen molar-refractivity contribution in [3.63, 3.8) is 0 Å². The van der Waals surface area contributed by atoms with Crippen LogP contribution in [-0.2, 0) is 11.3 Å². The Morgan fingerprint density at radius 2 is 2.38 bits per heavy atom. The van der Waals surface area contributed by atoms with Crippen LogP contribution < -0.4 is 0 Å². The molecule has 0 aliphatic carbocycles. The van der Waals surface area contributed by atoms with Crippen LogP contribution in [0.2, 0.25) is 0 Å². The Balaban J connectivity index is 2.82. The molecule has 0 heterocycles. The predicted molar refractivity (Wildman–Crippen MR) is 38.0 cm³/mol. The van der Waals surface area contributed by atoms with Crippen molar-refractivity contribution in [1.82, 2.24) is 0 Å². The van der Waals surface area contributed by atoms with Gasteiger partial charge in [0.15, 0.2) is 0 Å². The lowest BCUT2D eigenvalue weighted by Gasteiger charge is -1.86. The topological polar surface area (TPSA) is 17.1 Å². The molecular formula is C6H11OS. The van der Waals surface area contributed by atoms with Crippen molar-refractivity contribution in [2.24, 2.45) is 0 Å². The molecule has 0 atom stereocenters. The molecular weight excluding hydrogens is 120 g/mol. The van der Waals surface area contributed by atoms with E-state index < -0.39 is 0 Å². The summed E-state index contributed by atoms with van der Waals surface area (Å²) < 4.78 is 9.72. The fraction of sp³-hybridized carbons (Fsp3) is 0.667. The second-order valence-corrected chi connectivity index (χ2v) is 2.07. The van der Waals surface area contributed by atoms with Crippen LogP contribution in [-0.4, -0.2) is 9.58 Å². The largest absolute Gasteiger partial charge is 0.213 e. The standard InChI is InChI=1S/C6H11OS/c1-2-3-4-5-6-8-7/h5-6H,2-4H2,1H3. The van der Waals surface area contributed by atoms with Crippen LogP contribution in [0, 0.1) is 6.42 Å². The second-order valence-electron chi connectivity index (χ2n) is 1.61. The van der Waals surface area contributed by atoms with Crippen LogP contribution in [0.4, 0.5) is 0 Å². The molecule has 0 aromatic heterocycles. The minimum atomic E-state index is 0.522. The summed E-state index contributed by atoms with van der Waals surface area (Å²) in [5.41, 5.74) is 0. The van der Waals surface area contributed by atoms with Crippen LogP contribution in [0.25, 0.3) is 0 Å². The van der Waals surface area contributed by atoms with Gasteiger partial charge in [0.05, 0.1) is 11.3 Å². The normalized spacial score (nSPS) is 8.62. The Morgan fingerprint density at radius 1 is 1.62 bits per heavy atom. The number of hydrogen-bond donors (Lipinski definition) is 0. The number of unbranched alkanes of at least 4 members (excludes halogenated alkanes) is 3. The summed E-state index contributed by atoms with van der Waals surface area (Å²) >= 11 is 0.522. The monoisotopic (exact) mass is 131 g/mol. The second kappa shape index (κ2) is 6.89. The Labute approximate surface area is 54.2 Å². The van der Waals surface area contributed by atoms with Crippen LogP contribution in [0.1, 0.15) is 26.2 Å². The van der Waals surface area contributed by atoms with Gasteiger partial charge in [-0.3, -0.25) is 0 Å². The van der Waals surface area contributed by atoms with Crippen LogP contribution >= 0.6 is 0 Å². The summed E-state index contributed by atoms with van der Waals surface area (Å²) in [7, 11) is 0. The molecule has 8 heavy (non-hydrogen) atoms. The van der Waals surface area contributed by atoms with Gasteiger partial charge in [-0.05, 0) is 12.8 Å². The molecule has 0 bridgehead atoms. The molecule has 0 saturated carbocycles. The molecule has 0 aromatic carbocycles. The number of hydrogen-bond acceptors (Lipinski definition) is 1. The molecule has 1 radical (unpaired) electrons. The first-order valence-electron chi connectivity index (χ1n) is 2.85. The van der Waals surface area contributed by atoms with Crippen molar-refractivity contribution in [2.45, 2.75) is 26.2 Å². The smallest absolute Gasteiger partial charge is 0.0844 e. The highest BCUT2D eigenvalue weighted by Crippen LogP contribution is 1.93. The van der Waals surface area contributed by atoms with Crippen molar-refractivity contribution in [2.75, 3.05) is 0 Å². The lowest BCUT2D eigenvalue weighted by Crippen LogP contribution is -1.76. The fourth-order valence-corrected chi connectivity index (χ4v) is 0.644. The van der Waals surface area contributed by atoms with E-state index in [1.54, 1.807) is 5.37 Å². The van der Waals surface area contributed by atoms with Gasteiger partial charge in [0.1, 0.15) is 0 Å². The highest BCUT2D eigenvalue weighted by Gasteiger charge is 1.79. The minimum absolute atomic E-state index is 0.522. The lowest BCUT2D eigenvalue weighted by atomic mass is 10.2. The van der Waals surface area contributed by atoms with E-state index in [0.717, 1.165) is 6.42 Å². The molecule has 0 aliphatic rings.